The van der Waals surface area contributed by atoms with Crippen molar-refractivity contribution in [1.29, 1.82) is 0 Å². The molecule has 9 heteroatoms. The lowest BCUT2D eigenvalue weighted by Crippen LogP contribution is -2.56. The number of hydrogen-bond acceptors (Lipinski definition) is 4. The van der Waals surface area contributed by atoms with E-state index in [0.717, 1.165) is 27.3 Å². The fraction of sp³-hybridized carbons (Fsp3) is 0.333. The summed E-state index contributed by atoms with van der Waals surface area (Å²) in [4.78, 5) is 29.3. The van der Waals surface area contributed by atoms with Crippen molar-refractivity contribution in [2.45, 2.75) is 52.2 Å². The number of halogens is 1. The van der Waals surface area contributed by atoms with E-state index in [4.69, 9.17) is 11.6 Å². The maximum atomic E-state index is 14.1. The fourth-order valence-corrected chi connectivity index (χ4v) is 5.41. The molecule has 2 amide bonds. The predicted octanol–water partition coefficient (Wildman–Crippen LogP) is 4.97. The third kappa shape index (κ3) is 8.83. The van der Waals surface area contributed by atoms with Gasteiger partial charge in [-0.25, -0.2) is 8.42 Å². The Bertz CT molecular complexity index is 1400. The zero-order valence-electron chi connectivity index (χ0n) is 23.0. The van der Waals surface area contributed by atoms with Crippen LogP contribution in [0.3, 0.4) is 0 Å². The number of anilines is 1. The molecule has 0 aliphatic heterocycles. The summed E-state index contributed by atoms with van der Waals surface area (Å²) >= 11 is 6.33. The Labute approximate surface area is 236 Å². The highest BCUT2D eigenvalue weighted by molar-refractivity contribution is 7.92. The number of rotatable bonds is 10. The summed E-state index contributed by atoms with van der Waals surface area (Å²) in [6.07, 6.45) is 1.29. The fourth-order valence-electron chi connectivity index (χ4n) is 4.26. The Balaban J connectivity index is 2.09. The summed E-state index contributed by atoms with van der Waals surface area (Å²) in [6, 6.07) is 22.7. The topological polar surface area (TPSA) is 86.8 Å². The highest BCUT2D eigenvalue weighted by Crippen LogP contribution is 2.28. The molecule has 0 spiro atoms. The van der Waals surface area contributed by atoms with Gasteiger partial charge in [-0.2, -0.15) is 0 Å². The molecule has 1 N–H and O–H groups in total. The van der Waals surface area contributed by atoms with Crippen LogP contribution in [-0.2, 0) is 32.6 Å². The van der Waals surface area contributed by atoms with Gasteiger partial charge in [-0.05, 0) is 51.0 Å². The number of nitrogens with one attached hydrogen (secondary N) is 1. The number of carbonyl (C=O) groups excluding carboxylic acids is 2. The number of para-hydroxylation sites is 1. The van der Waals surface area contributed by atoms with Gasteiger partial charge in [0, 0.05) is 18.5 Å². The number of hydrogen-bond donors (Lipinski definition) is 1. The van der Waals surface area contributed by atoms with Gasteiger partial charge >= 0.3 is 0 Å². The molecule has 3 rings (SSSR count). The van der Waals surface area contributed by atoms with Crippen molar-refractivity contribution >= 4 is 39.1 Å². The first-order valence-electron chi connectivity index (χ1n) is 12.7. The van der Waals surface area contributed by atoms with Crippen LogP contribution in [0.4, 0.5) is 5.69 Å². The van der Waals surface area contributed by atoms with Gasteiger partial charge in [0.1, 0.15) is 12.6 Å². The molecule has 7 nitrogen and oxygen atoms in total. The standard InChI is InChI=1S/C30H36ClN3O4S/c1-22-12-11-15-24(18-22)20-33(27(29(36)32-30(2,3)4)19-23-13-7-6-8-14-23)28(35)21-34(39(5,37)38)26-17-10-9-16-25(26)31/h6-18,27H,19-21H2,1-5H3,(H,32,36). The van der Waals surface area contributed by atoms with E-state index in [2.05, 4.69) is 5.32 Å². The van der Waals surface area contributed by atoms with E-state index >= 15 is 0 Å². The first-order valence-corrected chi connectivity index (χ1v) is 14.9. The second-order valence-electron chi connectivity index (χ2n) is 10.7. The molecular weight excluding hydrogens is 534 g/mol. The Morgan fingerprint density at radius 3 is 2.13 bits per heavy atom. The van der Waals surface area contributed by atoms with Crippen LogP contribution in [0.25, 0.3) is 0 Å². The Kier molecular flexibility index (Phi) is 9.80. The van der Waals surface area contributed by atoms with Crippen LogP contribution in [0.2, 0.25) is 5.02 Å². The van der Waals surface area contributed by atoms with Gasteiger partial charge in [0.05, 0.1) is 17.0 Å². The zero-order chi connectivity index (χ0) is 28.8. The monoisotopic (exact) mass is 569 g/mol. The molecule has 3 aromatic rings. The quantitative estimate of drug-likeness (QED) is 0.373. The SMILES string of the molecule is Cc1cccc(CN(C(=O)CN(c2ccccc2Cl)S(C)(=O)=O)C(Cc2ccccc2)C(=O)NC(C)(C)C)c1. The van der Waals surface area contributed by atoms with Gasteiger partial charge < -0.3 is 10.2 Å². The van der Waals surface area contributed by atoms with Crippen LogP contribution < -0.4 is 9.62 Å². The average Bonchev–Trinajstić information content (AvgIpc) is 2.84. The maximum Gasteiger partial charge on any atom is 0.244 e. The normalized spacial score (nSPS) is 12.5. The summed E-state index contributed by atoms with van der Waals surface area (Å²) < 4.78 is 26.7. The number of nitrogens with zero attached hydrogens (tertiary/aromatic N) is 2. The smallest absolute Gasteiger partial charge is 0.244 e. The number of carbonyl (C=O) groups is 2. The lowest BCUT2D eigenvalue weighted by atomic mass is 10.0. The van der Waals surface area contributed by atoms with Crippen molar-refractivity contribution in [3.8, 4) is 0 Å². The van der Waals surface area contributed by atoms with E-state index in [0.29, 0.717) is 0 Å². The molecule has 0 saturated carbocycles. The molecule has 3 aromatic carbocycles. The summed E-state index contributed by atoms with van der Waals surface area (Å²) in [6.45, 7) is 7.18. The molecule has 0 bridgehead atoms. The second-order valence-corrected chi connectivity index (χ2v) is 13.0. The van der Waals surface area contributed by atoms with Crippen molar-refractivity contribution in [1.82, 2.24) is 10.2 Å². The number of sulfonamides is 1. The van der Waals surface area contributed by atoms with Gasteiger partial charge in [0.2, 0.25) is 21.8 Å². The largest absolute Gasteiger partial charge is 0.350 e. The third-order valence-corrected chi connectivity index (χ3v) is 7.45. The summed E-state index contributed by atoms with van der Waals surface area (Å²) in [5.74, 6) is -0.845. The van der Waals surface area contributed by atoms with Crippen molar-refractivity contribution in [2.75, 3.05) is 17.1 Å². The molecule has 0 aliphatic rings. The molecule has 0 radical (unpaired) electrons. The summed E-state index contributed by atoms with van der Waals surface area (Å²) in [5, 5.41) is 3.21. The van der Waals surface area contributed by atoms with E-state index in [9.17, 15) is 18.0 Å². The van der Waals surface area contributed by atoms with Crippen molar-refractivity contribution < 1.29 is 18.0 Å². The second kappa shape index (κ2) is 12.7. The molecule has 39 heavy (non-hydrogen) atoms. The van der Waals surface area contributed by atoms with Gasteiger partial charge in [-0.1, -0.05) is 83.9 Å². The van der Waals surface area contributed by atoms with Crippen LogP contribution in [0.1, 0.15) is 37.5 Å². The van der Waals surface area contributed by atoms with Crippen molar-refractivity contribution in [3.05, 3.63) is 101 Å². The average molecular weight is 570 g/mol. The molecule has 0 saturated heterocycles. The van der Waals surface area contributed by atoms with Crippen LogP contribution in [0.5, 0.6) is 0 Å². The Morgan fingerprint density at radius 2 is 1.54 bits per heavy atom. The first kappa shape index (κ1) is 30.2. The van der Waals surface area contributed by atoms with E-state index in [1.165, 1.54) is 4.90 Å². The maximum absolute atomic E-state index is 14.1. The molecule has 0 aromatic heterocycles. The van der Waals surface area contributed by atoms with Gasteiger partial charge in [0.25, 0.3) is 0 Å². The van der Waals surface area contributed by atoms with Crippen LogP contribution in [0.15, 0.2) is 78.9 Å². The number of benzene rings is 3. The molecular formula is C30H36ClN3O4S. The van der Waals surface area contributed by atoms with Crippen molar-refractivity contribution in [3.63, 3.8) is 0 Å². The van der Waals surface area contributed by atoms with Crippen LogP contribution in [0, 0.1) is 6.92 Å². The third-order valence-electron chi connectivity index (χ3n) is 6.01. The molecule has 0 fully saturated rings. The molecule has 208 valence electrons. The zero-order valence-corrected chi connectivity index (χ0v) is 24.6. The minimum Gasteiger partial charge on any atom is -0.350 e. The van der Waals surface area contributed by atoms with Gasteiger partial charge in [-0.3, -0.25) is 13.9 Å². The van der Waals surface area contributed by atoms with Crippen LogP contribution in [-0.4, -0.2) is 49.5 Å². The van der Waals surface area contributed by atoms with Crippen molar-refractivity contribution in [2.24, 2.45) is 0 Å². The Morgan fingerprint density at radius 1 is 0.923 bits per heavy atom. The van der Waals surface area contributed by atoms with E-state index < -0.39 is 34.1 Å². The molecule has 1 atom stereocenters. The van der Waals surface area contributed by atoms with Crippen LogP contribution >= 0.6 is 11.6 Å². The Hall–Kier alpha value is -3.36. The molecule has 0 aliphatic carbocycles. The highest BCUT2D eigenvalue weighted by atomic mass is 35.5. The van der Waals surface area contributed by atoms with Gasteiger partial charge in [0.15, 0.2) is 0 Å². The predicted molar refractivity (Wildman–Crippen MR) is 157 cm³/mol. The number of aryl methyl sites for hydroxylation is 1. The summed E-state index contributed by atoms with van der Waals surface area (Å²) in [5.41, 5.74) is 2.37. The molecule has 1 unspecified atom stereocenters. The minimum absolute atomic E-state index is 0.121. The minimum atomic E-state index is -3.88. The lowest BCUT2D eigenvalue weighted by Gasteiger charge is -2.35. The lowest BCUT2D eigenvalue weighted by molar-refractivity contribution is -0.140. The molecule has 0 heterocycles. The highest BCUT2D eigenvalue weighted by Gasteiger charge is 2.34. The van der Waals surface area contributed by atoms with E-state index in [-0.39, 0.29) is 29.6 Å². The van der Waals surface area contributed by atoms with Gasteiger partial charge in [-0.15, -0.1) is 0 Å². The van der Waals surface area contributed by atoms with E-state index in [1.807, 2.05) is 82.3 Å². The summed E-state index contributed by atoms with van der Waals surface area (Å²) in [7, 11) is -3.88. The van der Waals surface area contributed by atoms with E-state index in [1.54, 1.807) is 24.3 Å². The number of amides is 2. The first-order chi connectivity index (χ1) is 18.2.